The highest BCUT2D eigenvalue weighted by atomic mass is 15.3. The Morgan fingerprint density at radius 3 is 2.36 bits per heavy atom. The number of nitrogens with zero attached hydrogens (tertiary/aromatic N) is 5. The summed E-state index contributed by atoms with van der Waals surface area (Å²) in [5.41, 5.74) is 8.86. The van der Waals surface area contributed by atoms with Crippen LogP contribution in [-0.2, 0) is 6.54 Å². The van der Waals surface area contributed by atoms with Crippen molar-refractivity contribution in [1.29, 1.82) is 0 Å². The van der Waals surface area contributed by atoms with Crippen molar-refractivity contribution in [1.82, 2.24) is 19.9 Å². The predicted molar refractivity (Wildman–Crippen MR) is 110 cm³/mol. The summed E-state index contributed by atoms with van der Waals surface area (Å²) in [7, 11) is 0. The second kappa shape index (κ2) is 8.13. The Kier molecular flexibility index (Phi) is 5.06. The first kappa shape index (κ1) is 17.4. The lowest BCUT2D eigenvalue weighted by atomic mass is 10.2. The Morgan fingerprint density at radius 1 is 0.821 bits per heavy atom. The fraction of sp³-hybridized carbons (Fsp3) is 0.0476. The molecule has 0 aliphatic rings. The van der Waals surface area contributed by atoms with Gasteiger partial charge < -0.3 is 16.0 Å². The van der Waals surface area contributed by atoms with E-state index in [1.54, 1.807) is 18.6 Å². The van der Waals surface area contributed by atoms with Gasteiger partial charge in [-0.25, -0.2) is 15.0 Å². The molecule has 0 aliphatic carbocycles. The molecule has 138 valence electrons. The summed E-state index contributed by atoms with van der Waals surface area (Å²) in [5, 5.41) is 3.22. The number of nitrogens with two attached hydrogens (primary N) is 1. The fourth-order valence-electron chi connectivity index (χ4n) is 2.82. The third-order valence-electron chi connectivity index (χ3n) is 4.17. The summed E-state index contributed by atoms with van der Waals surface area (Å²) in [6.07, 6.45) is 6.66. The lowest BCUT2D eigenvalue weighted by molar-refractivity contribution is 0.918. The van der Waals surface area contributed by atoms with Crippen LogP contribution in [0.25, 0.3) is 0 Å². The average Bonchev–Trinajstić information content (AvgIpc) is 2.76. The van der Waals surface area contributed by atoms with Crippen molar-refractivity contribution >= 4 is 28.8 Å². The third-order valence-corrected chi connectivity index (χ3v) is 4.17. The number of nitrogen functional groups attached to an aromatic ring is 1. The van der Waals surface area contributed by atoms with E-state index in [9.17, 15) is 0 Å². The summed E-state index contributed by atoms with van der Waals surface area (Å²) >= 11 is 0. The van der Waals surface area contributed by atoms with Crippen LogP contribution in [-0.4, -0.2) is 19.9 Å². The average molecular weight is 369 g/mol. The molecule has 28 heavy (non-hydrogen) atoms. The van der Waals surface area contributed by atoms with Gasteiger partial charge >= 0.3 is 0 Å². The zero-order valence-electron chi connectivity index (χ0n) is 15.1. The molecule has 0 spiro atoms. The number of pyridine rings is 2. The minimum Gasteiger partial charge on any atom is -0.393 e. The van der Waals surface area contributed by atoms with Crippen LogP contribution >= 0.6 is 0 Å². The molecule has 0 atom stereocenters. The Labute approximate surface area is 162 Å². The summed E-state index contributed by atoms with van der Waals surface area (Å²) < 4.78 is 0. The number of rotatable bonds is 6. The second-order valence-electron chi connectivity index (χ2n) is 6.08. The first-order chi connectivity index (χ1) is 13.8. The van der Waals surface area contributed by atoms with E-state index >= 15 is 0 Å². The number of nitrogens with one attached hydrogen (secondary N) is 1. The Morgan fingerprint density at radius 2 is 1.61 bits per heavy atom. The standard InChI is InChI=1S/C21H19N7/c22-19-20(27-17-9-12-23-13-10-17)25-15-26-21(19)28(18-8-4-5-11-24-18)14-16-6-2-1-3-7-16/h1-13,15H,14,22H2,(H,23,25,26,27). The number of hydrogen-bond acceptors (Lipinski definition) is 7. The summed E-state index contributed by atoms with van der Waals surface area (Å²) in [5.74, 6) is 1.88. The summed E-state index contributed by atoms with van der Waals surface area (Å²) in [6, 6.07) is 19.6. The van der Waals surface area contributed by atoms with E-state index < -0.39 is 0 Å². The summed E-state index contributed by atoms with van der Waals surface area (Å²) in [4.78, 5) is 19.2. The van der Waals surface area contributed by atoms with Gasteiger partial charge in [0.05, 0.1) is 6.54 Å². The van der Waals surface area contributed by atoms with Crippen LogP contribution in [0.2, 0.25) is 0 Å². The van der Waals surface area contributed by atoms with Crippen molar-refractivity contribution in [2.24, 2.45) is 0 Å². The largest absolute Gasteiger partial charge is 0.393 e. The number of benzene rings is 1. The molecule has 0 fully saturated rings. The van der Waals surface area contributed by atoms with Gasteiger partial charge in [0.2, 0.25) is 0 Å². The smallest absolute Gasteiger partial charge is 0.163 e. The molecule has 7 nitrogen and oxygen atoms in total. The van der Waals surface area contributed by atoms with Gasteiger partial charge in [0, 0.05) is 24.3 Å². The molecule has 0 bridgehead atoms. The number of aromatic nitrogens is 4. The normalized spacial score (nSPS) is 10.4. The molecule has 3 heterocycles. The number of anilines is 5. The van der Waals surface area contributed by atoms with E-state index in [0.717, 1.165) is 17.1 Å². The molecule has 7 heteroatoms. The highest BCUT2D eigenvalue weighted by Crippen LogP contribution is 2.33. The van der Waals surface area contributed by atoms with Crippen molar-refractivity contribution in [3.63, 3.8) is 0 Å². The molecule has 0 saturated heterocycles. The highest BCUT2D eigenvalue weighted by Gasteiger charge is 2.18. The molecule has 3 N–H and O–H groups in total. The molecule has 3 aromatic heterocycles. The molecule has 0 radical (unpaired) electrons. The molecule has 4 rings (SSSR count). The van der Waals surface area contributed by atoms with E-state index in [4.69, 9.17) is 5.73 Å². The molecular formula is C21H19N7. The van der Waals surface area contributed by atoms with Gasteiger partial charge in [-0.2, -0.15) is 0 Å². The lowest BCUT2D eigenvalue weighted by Crippen LogP contribution is -2.21. The zero-order chi connectivity index (χ0) is 19.2. The second-order valence-corrected chi connectivity index (χ2v) is 6.08. The Balaban J connectivity index is 1.73. The summed E-state index contributed by atoms with van der Waals surface area (Å²) in [6.45, 7) is 0.577. The predicted octanol–water partition coefficient (Wildman–Crippen LogP) is 3.93. The van der Waals surface area contributed by atoms with Crippen molar-refractivity contribution < 1.29 is 0 Å². The van der Waals surface area contributed by atoms with Gasteiger partial charge in [-0.3, -0.25) is 4.98 Å². The molecule has 0 unspecified atom stereocenters. The maximum Gasteiger partial charge on any atom is 0.163 e. The van der Waals surface area contributed by atoms with E-state index in [2.05, 4.69) is 37.4 Å². The Bertz CT molecular complexity index is 1020. The first-order valence-electron chi connectivity index (χ1n) is 8.81. The van der Waals surface area contributed by atoms with Crippen LogP contribution in [0.5, 0.6) is 0 Å². The van der Waals surface area contributed by atoms with Gasteiger partial charge in [0.15, 0.2) is 11.6 Å². The quantitative estimate of drug-likeness (QED) is 0.532. The Hall–Kier alpha value is -4.00. The molecule has 0 saturated carbocycles. The highest BCUT2D eigenvalue weighted by molar-refractivity contribution is 5.80. The van der Waals surface area contributed by atoms with E-state index in [1.165, 1.54) is 6.33 Å². The SMILES string of the molecule is Nc1c(Nc2ccncc2)ncnc1N(Cc1ccccc1)c1ccccn1. The van der Waals surface area contributed by atoms with Gasteiger partial charge in [-0.05, 0) is 29.8 Å². The number of hydrogen-bond donors (Lipinski definition) is 2. The van der Waals surface area contributed by atoms with Gasteiger partial charge in [-0.15, -0.1) is 0 Å². The van der Waals surface area contributed by atoms with E-state index in [-0.39, 0.29) is 0 Å². The van der Waals surface area contributed by atoms with E-state index in [1.807, 2.05) is 53.4 Å². The molecule has 0 amide bonds. The van der Waals surface area contributed by atoms with E-state index in [0.29, 0.717) is 23.9 Å². The van der Waals surface area contributed by atoms with Crippen LogP contribution in [0.15, 0.2) is 85.6 Å². The lowest BCUT2D eigenvalue weighted by Gasteiger charge is -2.24. The minimum absolute atomic E-state index is 0.445. The van der Waals surface area contributed by atoms with Crippen LogP contribution < -0.4 is 16.0 Å². The van der Waals surface area contributed by atoms with Crippen LogP contribution in [0.4, 0.5) is 28.8 Å². The third kappa shape index (κ3) is 3.88. The van der Waals surface area contributed by atoms with Crippen molar-refractivity contribution in [3.8, 4) is 0 Å². The maximum absolute atomic E-state index is 6.45. The van der Waals surface area contributed by atoms with Gasteiger partial charge in [0.25, 0.3) is 0 Å². The minimum atomic E-state index is 0.445. The topological polar surface area (TPSA) is 92.8 Å². The monoisotopic (exact) mass is 369 g/mol. The van der Waals surface area contributed by atoms with Crippen LogP contribution in [0, 0.1) is 0 Å². The van der Waals surface area contributed by atoms with Crippen LogP contribution in [0.1, 0.15) is 5.56 Å². The fourth-order valence-corrected chi connectivity index (χ4v) is 2.82. The van der Waals surface area contributed by atoms with Crippen LogP contribution in [0.3, 0.4) is 0 Å². The van der Waals surface area contributed by atoms with Gasteiger partial charge in [0.1, 0.15) is 17.8 Å². The molecule has 1 aromatic carbocycles. The van der Waals surface area contributed by atoms with Crippen molar-refractivity contribution in [2.45, 2.75) is 6.54 Å². The zero-order valence-corrected chi connectivity index (χ0v) is 15.1. The maximum atomic E-state index is 6.45. The first-order valence-corrected chi connectivity index (χ1v) is 8.81. The molecular weight excluding hydrogens is 350 g/mol. The van der Waals surface area contributed by atoms with Crippen molar-refractivity contribution in [2.75, 3.05) is 16.0 Å². The van der Waals surface area contributed by atoms with Gasteiger partial charge in [-0.1, -0.05) is 36.4 Å². The molecule has 4 aromatic rings. The van der Waals surface area contributed by atoms with Crippen molar-refractivity contribution in [3.05, 3.63) is 91.1 Å². The molecule has 0 aliphatic heterocycles.